The molecule has 1 aromatic heterocycles. The standard InChI is InChI=1S/C22H32F3N5O3/c1-21(2,3)18(30-11-16(27-28-30)13-6-7-13)20(33)29-10-14(31)8-17(29)19(32)26-15(12-4-5-12)9-22(23,24)25/h11-15,17-18,31H,4-10H2,1-3H3,(H,26,32)/t14-,15?,17+,18-/m1/s1. The topological polar surface area (TPSA) is 100 Å². The minimum atomic E-state index is -4.39. The summed E-state index contributed by atoms with van der Waals surface area (Å²) < 4.78 is 40.5. The van der Waals surface area contributed by atoms with E-state index < -0.39 is 54.1 Å². The average molecular weight is 472 g/mol. The van der Waals surface area contributed by atoms with Crippen molar-refractivity contribution < 1.29 is 27.9 Å². The van der Waals surface area contributed by atoms with Gasteiger partial charge in [0.25, 0.3) is 0 Å². The number of hydrogen-bond acceptors (Lipinski definition) is 5. The highest BCUT2D eigenvalue weighted by molar-refractivity contribution is 5.90. The van der Waals surface area contributed by atoms with Crippen molar-refractivity contribution in [2.24, 2.45) is 11.3 Å². The molecule has 2 aliphatic carbocycles. The minimum absolute atomic E-state index is 0.0114. The highest BCUT2D eigenvalue weighted by Gasteiger charge is 2.47. The molecule has 184 valence electrons. The molecule has 2 N–H and O–H groups in total. The lowest BCUT2D eigenvalue weighted by Crippen LogP contribution is -2.52. The Kier molecular flexibility index (Phi) is 6.22. The molecular formula is C22H32F3N5O3. The number of nitrogens with one attached hydrogen (secondary N) is 1. The maximum atomic E-state index is 13.7. The first-order valence-corrected chi connectivity index (χ1v) is 11.6. The number of likely N-dealkylation sites (tertiary alicyclic amines) is 1. The Morgan fingerprint density at radius 3 is 2.42 bits per heavy atom. The SMILES string of the molecule is CC(C)(C)[C@@H](C(=O)N1C[C@H](O)C[C@H]1C(=O)NC(CC(F)(F)F)C1CC1)n1cc(C2CC2)nn1. The lowest BCUT2D eigenvalue weighted by Gasteiger charge is -2.35. The van der Waals surface area contributed by atoms with Gasteiger partial charge in [0.15, 0.2) is 0 Å². The highest BCUT2D eigenvalue weighted by Crippen LogP contribution is 2.41. The largest absolute Gasteiger partial charge is 0.391 e. The van der Waals surface area contributed by atoms with Gasteiger partial charge in [-0.2, -0.15) is 13.2 Å². The molecule has 0 aromatic carbocycles. The van der Waals surface area contributed by atoms with Gasteiger partial charge in [0.2, 0.25) is 11.8 Å². The van der Waals surface area contributed by atoms with Gasteiger partial charge in [0, 0.05) is 31.1 Å². The predicted octanol–water partition coefficient (Wildman–Crippen LogP) is 2.55. The maximum Gasteiger partial charge on any atom is 0.391 e. The van der Waals surface area contributed by atoms with Gasteiger partial charge >= 0.3 is 6.18 Å². The molecule has 3 aliphatic rings. The number of rotatable bonds is 7. The molecule has 0 spiro atoms. The van der Waals surface area contributed by atoms with Crippen molar-refractivity contribution in [2.45, 2.75) is 95.6 Å². The van der Waals surface area contributed by atoms with Gasteiger partial charge in [-0.25, -0.2) is 4.68 Å². The van der Waals surface area contributed by atoms with Crippen LogP contribution < -0.4 is 5.32 Å². The number of carbonyl (C=O) groups is 2. The molecule has 11 heteroatoms. The Morgan fingerprint density at radius 2 is 1.88 bits per heavy atom. The second-order valence-electron chi connectivity index (χ2n) is 10.8. The molecule has 3 fully saturated rings. The second kappa shape index (κ2) is 8.56. The van der Waals surface area contributed by atoms with Crippen LogP contribution in [0.25, 0.3) is 0 Å². The Hall–Kier alpha value is -2.17. The van der Waals surface area contributed by atoms with Crippen LogP contribution in [0.5, 0.6) is 0 Å². The first-order chi connectivity index (χ1) is 15.3. The molecule has 1 aromatic rings. The van der Waals surface area contributed by atoms with Gasteiger partial charge in [0.1, 0.15) is 12.1 Å². The highest BCUT2D eigenvalue weighted by atomic mass is 19.4. The van der Waals surface area contributed by atoms with Gasteiger partial charge in [-0.15, -0.1) is 5.10 Å². The number of amides is 2. The van der Waals surface area contributed by atoms with Gasteiger partial charge in [-0.1, -0.05) is 26.0 Å². The number of aliphatic hydroxyl groups excluding tert-OH is 1. The number of alkyl halides is 3. The second-order valence-corrected chi connectivity index (χ2v) is 10.8. The van der Waals surface area contributed by atoms with Crippen molar-refractivity contribution in [3.63, 3.8) is 0 Å². The van der Waals surface area contributed by atoms with E-state index in [1.165, 1.54) is 9.58 Å². The summed E-state index contributed by atoms with van der Waals surface area (Å²) in [4.78, 5) is 28.0. The molecule has 2 amide bonds. The fourth-order valence-electron chi connectivity index (χ4n) is 4.69. The molecule has 2 saturated carbocycles. The zero-order valence-corrected chi connectivity index (χ0v) is 19.2. The predicted molar refractivity (Wildman–Crippen MR) is 112 cm³/mol. The van der Waals surface area contributed by atoms with Crippen molar-refractivity contribution in [1.82, 2.24) is 25.2 Å². The fourth-order valence-corrected chi connectivity index (χ4v) is 4.69. The third-order valence-corrected chi connectivity index (χ3v) is 6.68. The normalized spacial score (nSPS) is 25.7. The number of β-amino-alcohol motifs (C(OH)–C–C–N with tert-alkyl or cyclic N) is 1. The summed E-state index contributed by atoms with van der Waals surface area (Å²) in [7, 11) is 0. The van der Waals surface area contributed by atoms with Crippen LogP contribution in [0, 0.1) is 11.3 Å². The lowest BCUT2D eigenvalue weighted by atomic mass is 9.85. The summed E-state index contributed by atoms with van der Waals surface area (Å²) in [5.41, 5.74) is 0.250. The van der Waals surface area contributed by atoms with E-state index in [1.54, 1.807) is 6.20 Å². The fraction of sp³-hybridized carbons (Fsp3) is 0.818. The van der Waals surface area contributed by atoms with Crippen molar-refractivity contribution in [1.29, 1.82) is 0 Å². The third kappa shape index (κ3) is 5.67. The van der Waals surface area contributed by atoms with Crippen LogP contribution in [0.2, 0.25) is 0 Å². The van der Waals surface area contributed by atoms with Gasteiger partial charge in [-0.3, -0.25) is 9.59 Å². The van der Waals surface area contributed by atoms with E-state index in [1.807, 2.05) is 20.8 Å². The summed E-state index contributed by atoms with van der Waals surface area (Å²) in [5.74, 6) is -0.893. The number of nitrogens with zero attached hydrogens (tertiary/aromatic N) is 4. The monoisotopic (exact) mass is 471 g/mol. The molecule has 4 atom stereocenters. The Labute approximate surface area is 190 Å². The number of halogens is 3. The first-order valence-electron chi connectivity index (χ1n) is 11.6. The number of aromatic nitrogens is 3. The van der Waals surface area contributed by atoms with Crippen LogP contribution in [-0.2, 0) is 9.59 Å². The molecular weight excluding hydrogens is 439 g/mol. The minimum Gasteiger partial charge on any atom is -0.391 e. The van der Waals surface area contributed by atoms with Crippen LogP contribution in [0.3, 0.4) is 0 Å². The van der Waals surface area contributed by atoms with Crippen LogP contribution >= 0.6 is 0 Å². The van der Waals surface area contributed by atoms with E-state index >= 15 is 0 Å². The smallest absolute Gasteiger partial charge is 0.391 e. The molecule has 0 bridgehead atoms. The van der Waals surface area contributed by atoms with Crippen LogP contribution in [0.4, 0.5) is 13.2 Å². The van der Waals surface area contributed by atoms with Crippen LogP contribution in [0.15, 0.2) is 6.20 Å². The van der Waals surface area contributed by atoms with E-state index in [0.717, 1.165) is 18.5 Å². The Morgan fingerprint density at radius 1 is 1.21 bits per heavy atom. The van der Waals surface area contributed by atoms with Gasteiger partial charge in [0.05, 0.1) is 18.2 Å². The summed E-state index contributed by atoms with van der Waals surface area (Å²) in [5, 5.41) is 21.2. The third-order valence-electron chi connectivity index (χ3n) is 6.68. The summed E-state index contributed by atoms with van der Waals surface area (Å²) in [6.45, 7) is 5.58. The quantitative estimate of drug-likeness (QED) is 0.637. The van der Waals surface area contributed by atoms with Crippen molar-refractivity contribution >= 4 is 11.8 Å². The van der Waals surface area contributed by atoms with Gasteiger partial charge in [-0.05, 0) is 37.0 Å². The van der Waals surface area contributed by atoms with E-state index in [4.69, 9.17) is 0 Å². The first kappa shape index (κ1) is 24.0. The molecule has 4 rings (SSSR count). The number of aliphatic hydroxyl groups is 1. The Balaban J connectivity index is 1.53. The number of hydrogen-bond donors (Lipinski definition) is 2. The average Bonchev–Trinajstić information content (AvgIpc) is 3.60. The molecule has 8 nitrogen and oxygen atoms in total. The van der Waals surface area contributed by atoms with Crippen molar-refractivity contribution in [3.05, 3.63) is 11.9 Å². The molecule has 33 heavy (non-hydrogen) atoms. The zero-order valence-electron chi connectivity index (χ0n) is 19.2. The Bertz CT molecular complexity index is 889. The van der Waals surface area contributed by atoms with Crippen LogP contribution in [0.1, 0.15) is 76.9 Å². The maximum absolute atomic E-state index is 13.7. The summed E-state index contributed by atoms with van der Waals surface area (Å²) in [6.07, 6.45) is -1.32. The lowest BCUT2D eigenvalue weighted by molar-refractivity contribution is -0.148. The van der Waals surface area contributed by atoms with E-state index in [2.05, 4.69) is 15.6 Å². The summed E-state index contributed by atoms with van der Waals surface area (Å²) >= 11 is 0. The van der Waals surface area contributed by atoms with Crippen molar-refractivity contribution in [3.8, 4) is 0 Å². The molecule has 1 saturated heterocycles. The van der Waals surface area contributed by atoms with Crippen molar-refractivity contribution in [2.75, 3.05) is 6.54 Å². The molecule has 1 unspecified atom stereocenters. The van der Waals surface area contributed by atoms with Crippen LogP contribution in [-0.4, -0.2) is 67.7 Å². The van der Waals surface area contributed by atoms with E-state index in [9.17, 15) is 27.9 Å². The zero-order chi connectivity index (χ0) is 24.1. The molecule has 2 heterocycles. The summed E-state index contributed by atoms with van der Waals surface area (Å²) in [6, 6.07) is -2.81. The van der Waals surface area contributed by atoms with E-state index in [-0.39, 0.29) is 18.9 Å². The van der Waals surface area contributed by atoms with E-state index in [0.29, 0.717) is 18.8 Å². The molecule has 0 radical (unpaired) electrons. The number of carbonyl (C=O) groups excluding carboxylic acids is 2. The van der Waals surface area contributed by atoms with Gasteiger partial charge < -0.3 is 15.3 Å². The molecule has 1 aliphatic heterocycles.